The zero-order valence-electron chi connectivity index (χ0n) is 17.0. The van der Waals surface area contributed by atoms with Crippen LogP contribution in [0.2, 0.25) is 0 Å². The molecule has 1 aliphatic rings. The fraction of sp³-hybridized carbons (Fsp3) is 0.824. The van der Waals surface area contributed by atoms with Gasteiger partial charge in [0.15, 0.2) is 0 Å². The third-order valence-electron chi connectivity index (χ3n) is 5.05. The molecule has 2 rings (SSSR count). The van der Waals surface area contributed by atoms with Crippen molar-refractivity contribution in [2.24, 2.45) is 5.92 Å². The topological polar surface area (TPSA) is 118 Å². The van der Waals surface area contributed by atoms with Gasteiger partial charge >= 0.3 is 0 Å². The number of carbonyl (C=O) groups is 1. The first-order valence-electron chi connectivity index (χ1n) is 9.44. The first-order chi connectivity index (χ1) is 13.1. The molecular weight excluding hydrogens is 386 g/mol. The van der Waals surface area contributed by atoms with Crippen molar-refractivity contribution in [3.8, 4) is 0 Å². The zero-order valence-corrected chi connectivity index (χ0v) is 17.8. The number of amides is 1. The fourth-order valence-electron chi connectivity index (χ4n) is 3.08. The minimum absolute atomic E-state index is 0.0526. The lowest BCUT2D eigenvalue weighted by atomic mass is 10.0. The monoisotopic (exact) mass is 417 g/mol. The van der Waals surface area contributed by atoms with E-state index in [0.29, 0.717) is 31.6 Å². The summed E-state index contributed by atoms with van der Waals surface area (Å²) in [5.74, 6) is -0.207. The molecule has 0 aliphatic carbocycles. The van der Waals surface area contributed by atoms with Gasteiger partial charge in [-0.05, 0) is 13.3 Å². The molecule has 0 spiro atoms. The predicted octanol–water partition coefficient (Wildman–Crippen LogP) is -0.306. The molecule has 0 fully saturated rings. The van der Waals surface area contributed by atoms with Gasteiger partial charge in [0.25, 0.3) is 0 Å². The van der Waals surface area contributed by atoms with E-state index in [1.165, 1.54) is 11.4 Å². The Balaban J connectivity index is 2.27. The maximum Gasteiger partial charge on any atom is 0.222 e. The second-order valence-electron chi connectivity index (χ2n) is 7.52. The molecule has 11 heteroatoms. The standard InChI is InChI=1S/C17H31N5O5S/c1-13-8-22(14(2)11-23)17(24)6-5-7-21-9-15(18-19-21)12-27-16(13)10-20(3)28(4,25)26/h9,13-14,16,23H,5-8,10-12H2,1-4H3/t13-,14-,16-/m1/s1. The number of nitrogens with zero attached hydrogens (tertiary/aromatic N) is 5. The Morgan fingerprint density at radius 2 is 2.18 bits per heavy atom. The number of hydrogen-bond donors (Lipinski definition) is 1. The number of aliphatic hydroxyl groups excluding tert-OH is 1. The highest BCUT2D eigenvalue weighted by atomic mass is 32.2. The van der Waals surface area contributed by atoms with Crippen LogP contribution in [0.1, 0.15) is 32.4 Å². The van der Waals surface area contributed by atoms with Crippen LogP contribution in [0, 0.1) is 5.92 Å². The number of carbonyl (C=O) groups excluding carboxylic acids is 1. The Morgan fingerprint density at radius 1 is 1.46 bits per heavy atom. The number of aryl methyl sites for hydroxylation is 1. The second-order valence-corrected chi connectivity index (χ2v) is 9.61. The molecule has 0 radical (unpaired) electrons. The van der Waals surface area contributed by atoms with Gasteiger partial charge in [-0.15, -0.1) is 5.10 Å². The Morgan fingerprint density at radius 3 is 2.82 bits per heavy atom. The normalized spacial score (nSPS) is 23.8. The smallest absolute Gasteiger partial charge is 0.222 e. The molecule has 1 amide bonds. The van der Waals surface area contributed by atoms with Crippen molar-refractivity contribution in [1.29, 1.82) is 0 Å². The van der Waals surface area contributed by atoms with Crippen LogP contribution in [0.4, 0.5) is 0 Å². The first kappa shape index (κ1) is 22.7. The van der Waals surface area contributed by atoms with E-state index in [1.807, 2.05) is 6.92 Å². The summed E-state index contributed by atoms with van der Waals surface area (Å²) in [6.45, 7) is 4.87. The van der Waals surface area contributed by atoms with Crippen molar-refractivity contribution in [2.75, 3.05) is 33.0 Å². The summed E-state index contributed by atoms with van der Waals surface area (Å²) in [5, 5.41) is 17.7. The number of hydrogen-bond acceptors (Lipinski definition) is 7. The van der Waals surface area contributed by atoms with Crippen molar-refractivity contribution in [1.82, 2.24) is 24.2 Å². The van der Waals surface area contributed by atoms with E-state index in [1.54, 1.807) is 22.7 Å². The molecule has 0 saturated carbocycles. The molecule has 2 heterocycles. The number of fused-ring (bicyclic) bond motifs is 2. The van der Waals surface area contributed by atoms with Crippen LogP contribution < -0.4 is 0 Å². The number of aromatic nitrogens is 3. The Kier molecular flexibility index (Phi) is 7.93. The van der Waals surface area contributed by atoms with Crippen molar-refractivity contribution in [2.45, 2.75) is 52.0 Å². The van der Waals surface area contributed by atoms with Gasteiger partial charge in [0.1, 0.15) is 5.69 Å². The maximum absolute atomic E-state index is 12.7. The number of ether oxygens (including phenoxy) is 1. The van der Waals surface area contributed by atoms with E-state index in [-0.39, 0.29) is 37.6 Å². The summed E-state index contributed by atoms with van der Waals surface area (Å²) in [6.07, 6.45) is 3.42. The lowest BCUT2D eigenvalue weighted by Gasteiger charge is -2.34. The SMILES string of the molecule is C[C@@H]1CN([C@H](C)CO)C(=O)CCCn2cc(nn2)CO[C@@H]1CN(C)S(C)(=O)=O. The highest BCUT2D eigenvalue weighted by molar-refractivity contribution is 7.88. The highest BCUT2D eigenvalue weighted by Crippen LogP contribution is 2.18. The van der Waals surface area contributed by atoms with Crippen molar-refractivity contribution in [3.05, 3.63) is 11.9 Å². The molecule has 2 bridgehead atoms. The molecule has 1 aromatic heterocycles. The van der Waals surface area contributed by atoms with Crippen LogP contribution in [0.15, 0.2) is 6.20 Å². The molecular formula is C17H31N5O5S. The van der Waals surface area contributed by atoms with E-state index in [4.69, 9.17) is 4.74 Å². The quantitative estimate of drug-likeness (QED) is 0.698. The minimum atomic E-state index is -3.37. The van der Waals surface area contributed by atoms with Crippen LogP contribution in [-0.4, -0.2) is 88.8 Å². The van der Waals surface area contributed by atoms with Gasteiger partial charge in [-0.25, -0.2) is 12.7 Å². The third kappa shape index (κ3) is 6.23. The summed E-state index contributed by atoms with van der Waals surface area (Å²) in [6, 6.07) is -0.328. The van der Waals surface area contributed by atoms with Crippen LogP contribution in [0.25, 0.3) is 0 Å². The van der Waals surface area contributed by atoms with Crippen molar-refractivity contribution in [3.63, 3.8) is 0 Å². The first-order valence-corrected chi connectivity index (χ1v) is 11.3. The van der Waals surface area contributed by atoms with Gasteiger partial charge in [-0.3, -0.25) is 9.48 Å². The Labute approximate surface area is 166 Å². The van der Waals surface area contributed by atoms with E-state index >= 15 is 0 Å². The molecule has 0 unspecified atom stereocenters. The largest absolute Gasteiger partial charge is 0.394 e. The molecule has 28 heavy (non-hydrogen) atoms. The van der Waals surface area contributed by atoms with Gasteiger partial charge < -0.3 is 14.7 Å². The summed E-state index contributed by atoms with van der Waals surface area (Å²) < 4.78 is 32.6. The fourth-order valence-corrected chi connectivity index (χ4v) is 3.50. The highest BCUT2D eigenvalue weighted by Gasteiger charge is 2.29. The van der Waals surface area contributed by atoms with E-state index < -0.39 is 16.1 Å². The average Bonchev–Trinajstić information content (AvgIpc) is 3.08. The number of aliphatic hydroxyl groups is 1. The lowest BCUT2D eigenvalue weighted by molar-refractivity contribution is -0.136. The number of likely N-dealkylation sites (N-methyl/N-ethyl adjacent to an activating group) is 1. The van der Waals surface area contributed by atoms with E-state index in [0.717, 1.165) is 6.26 Å². The van der Waals surface area contributed by atoms with E-state index in [9.17, 15) is 18.3 Å². The van der Waals surface area contributed by atoms with Crippen LogP contribution in [-0.2, 0) is 32.7 Å². The average molecular weight is 418 g/mol. The van der Waals surface area contributed by atoms with Crippen LogP contribution in [0.3, 0.4) is 0 Å². The number of sulfonamides is 1. The van der Waals surface area contributed by atoms with Gasteiger partial charge in [-0.2, -0.15) is 0 Å². The molecule has 160 valence electrons. The van der Waals surface area contributed by atoms with Crippen molar-refractivity contribution < 1.29 is 23.1 Å². The van der Waals surface area contributed by atoms with Gasteiger partial charge in [0.2, 0.25) is 15.9 Å². The molecule has 10 nitrogen and oxygen atoms in total. The molecule has 1 aromatic rings. The number of rotatable bonds is 5. The molecule has 0 aromatic carbocycles. The van der Waals surface area contributed by atoms with Gasteiger partial charge in [0.05, 0.1) is 37.8 Å². The summed E-state index contributed by atoms with van der Waals surface area (Å²) in [5.41, 5.74) is 0.658. The van der Waals surface area contributed by atoms with Crippen LogP contribution in [0.5, 0.6) is 0 Å². The molecule has 3 atom stereocenters. The Hall–Kier alpha value is -1.56. The van der Waals surface area contributed by atoms with Crippen molar-refractivity contribution >= 4 is 15.9 Å². The Bertz CT molecular complexity index is 753. The predicted molar refractivity (Wildman–Crippen MR) is 103 cm³/mol. The lowest BCUT2D eigenvalue weighted by Crippen LogP contribution is -2.47. The summed E-state index contributed by atoms with van der Waals surface area (Å²) >= 11 is 0. The third-order valence-corrected chi connectivity index (χ3v) is 6.33. The van der Waals surface area contributed by atoms with Gasteiger partial charge in [0, 0.05) is 39.0 Å². The maximum atomic E-state index is 12.7. The summed E-state index contributed by atoms with van der Waals surface area (Å²) in [4.78, 5) is 14.4. The second kappa shape index (κ2) is 9.77. The molecule has 0 saturated heterocycles. The van der Waals surface area contributed by atoms with E-state index in [2.05, 4.69) is 10.3 Å². The minimum Gasteiger partial charge on any atom is -0.394 e. The summed E-state index contributed by atoms with van der Waals surface area (Å²) in [7, 11) is -1.87. The van der Waals surface area contributed by atoms with Crippen LogP contribution >= 0.6 is 0 Å². The molecule has 1 N–H and O–H groups in total. The zero-order chi connectivity index (χ0) is 20.9. The molecule has 1 aliphatic heterocycles. The van der Waals surface area contributed by atoms with Gasteiger partial charge in [-0.1, -0.05) is 12.1 Å².